The highest BCUT2D eigenvalue weighted by atomic mass is 32.2. The van der Waals surface area contributed by atoms with Gasteiger partial charge in [0.1, 0.15) is 0 Å². The molecule has 0 aromatic heterocycles. The Balaban J connectivity index is 1.64. The van der Waals surface area contributed by atoms with Gasteiger partial charge in [-0.1, -0.05) is 0 Å². The number of rotatable bonds is 6. The smallest absolute Gasteiger partial charge is 0.213 e. The third kappa shape index (κ3) is 4.84. The van der Waals surface area contributed by atoms with Crippen LogP contribution in [0.1, 0.15) is 38.5 Å². The minimum absolute atomic E-state index is 0.133. The van der Waals surface area contributed by atoms with E-state index in [1.807, 2.05) is 0 Å². The van der Waals surface area contributed by atoms with Crippen molar-refractivity contribution in [2.75, 3.05) is 25.4 Å². The molecular weight excluding hydrogens is 252 g/mol. The summed E-state index contributed by atoms with van der Waals surface area (Å²) in [5.74, 6) is 0.207. The standard InChI is InChI=1S/C12H24N2O3S/c15-18(16,10-11-4-3-7-13-11)14-8-6-12-5-1-2-9-17-12/h11-14H,1-10H2. The summed E-state index contributed by atoms with van der Waals surface area (Å²) >= 11 is 0. The predicted molar refractivity (Wildman–Crippen MR) is 71.0 cm³/mol. The highest BCUT2D eigenvalue weighted by molar-refractivity contribution is 7.89. The maximum Gasteiger partial charge on any atom is 0.213 e. The molecule has 2 unspecified atom stereocenters. The van der Waals surface area contributed by atoms with Crippen molar-refractivity contribution in [3.05, 3.63) is 0 Å². The number of nitrogens with one attached hydrogen (secondary N) is 2. The number of sulfonamides is 1. The molecular formula is C12H24N2O3S. The molecule has 2 fully saturated rings. The van der Waals surface area contributed by atoms with Gasteiger partial charge in [-0.3, -0.25) is 0 Å². The summed E-state index contributed by atoms with van der Waals surface area (Å²) in [5, 5.41) is 3.21. The molecule has 0 aromatic carbocycles. The summed E-state index contributed by atoms with van der Waals surface area (Å²) < 4.78 is 31.9. The monoisotopic (exact) mass is 276 g/mol. The fourth-order valence-corrected chi connectivity index (χ4v) is 3.99. The molecule has 6 heteroatoms. The Hall–Kier alpha value is -0.170. The topological polar surface area (TPSA) is 67.4 Å². The number of ether oxygens (including phenoxy) is 1. The zero-order valence-corrected chi connectivity index (χ0v) is 11.7. The second-order valence-electron chi connectivity index (χ2n) is 5.25. The molecule has 2 saturated heterocycles. The number of hydrogen-bond donors (Lipinski definition) is 2. The largest absolute Gasteiger partial charge is 0.378 e. The first-order valence-corrected chi connectivity index (χ1v) is 8.63. The summed E-state index contributed by atoms with van der Waals surface area (Å²) in [5.41, 5.74) is 0. The van der Waals surface area contributed by atoms with Crippen molar-refractivity contribution in [3.8, 4) is 0 Å². The van der Waals surface area contributed by atoms with Crippen LogP contribution in [0.25, 0.3) is 0 Å². The molecule has 2 aliphatic heterocycles. The molecule has 0 amide bonds. The Morgan fingerprint density at radius 1 is 1.22 bits per heavy atom. The first-order chi connectivity index (χ1) is 8.66. The van der Waals surface area contributed by atoms with Gasteiger partial charge in [0.15, 0.2) is 0 Å². The molecule has 0 aliphatic carbocycles. The molecule has 0 saturated carbocycles. The maximum atomic E-state index is 11.8. The highest BCUT2D eigenvalue weighted by Gasteiger charge is 2.22. The SMILES string of the molecule is O=S(=O)(CC1CCCN1)NCCC1CCCCO1. The van der Waals surface area contributed by atoms with Crippen molar-refractivity contribution in [2.24, 2.45) is 0 Å². The predicted octanol–water partition coefficient (Wildman–Crippen LogP) is 0.617. The normalized spacial score (nSPS) is 29.6. The average Bonchev–Trinajstić information content (AvgIpc) is 2.82. The van der Waals surface area contributed by atoms with Gasteiger partial charge in [0.2, 0.25) is 10.0 Å². The molecule has 2 rings (SSSR count). The Labute approximate surface area is 110 Å². The van der Waals surface area contributed by atoms with Crippen LogP contribution in [0.5, 0.6) is 0 Å². The van der Waals surface area contributed by atoms with Crippen molar-refractivity contribution < 1.29 is 13.2 Å². The molecule has 0 spiro atoms. The summed E-state index contributed by atoms with van der Waals surface area (Å²) in [4.78, 5) is 0. The van der Waals surface area contributed by atoms with Gasteiger partial charge in [-0.2, -0.15) is 0 Å². The Kier molecular flexibility index (Phi) is 5.41. The van der Waals surface area contributed by atoms with Gasteiger partial charge in [0.05, 0.1) is 11.9 Å². The van der Waals surface area contributed by atoms with Crippen molar-refractivity contribution in [3.63, 3.8) is 0 Å². The van der Waals surface area contributed by atoms with E-state index in [1.54, 1.807) is 0 Å². The first kappa shape index (κ1) is 14.2. The molecule has 5 nitrogen and oxygen atoms in total. The van der Waals surface area contributed by atoms with Gasteiger partial charge < -0.3 is 10.1 Å². The van der Waals surface area contributed by atoms with E-state index >= 15 is 0 Å². The van der Waals surface area contributed by atoms with Crippen LogP contribution < -0.4 is 10.0 Å². The lowest BCUT2D eigenvalue weighted by atomic mass is 10.1. The molecule has 18 heavy (non-hydrogen) atoms. The lowest BCUT2D eigenvalue weighted by Crippen LogP contribution is -2.38. The second-order valence-corrected chi connectivity index (χ2v) is 7.10. The van der Waals surface area contributed by atoms with E-state index in [-0.39, 0.29) is 17.9 Å². The quantitative estimate of drug-likeness (QED) is 0.746. The minimum atomic E-state index is -3.13. The van der Waals surface area contributed by atoms with E-state index in [0.717, 1.165) is 45.3 Å². The van der Waals surface area contributed by atoms with Gasteiger partial charge in [-0.25, -0.2) is 13.1 Å². The fourth-order valence-electron chi connectivity index (χ4n) is 2.63. The van der Waals surface area contributed by atoms with Gasteiger partial charge in [-0.05, 0) is 45.1 Å². The molecule has 0 bridgehead atoms. The van der Waals surface area contributed by atoms with Gasteiger partial charge in [-0.15, -0.1) is 0 Å². The van der Waals surface area contributed by atoms with Crippen LogP contribution in [-0.4, -0.2) is 46.0 Å². The molecule has 2 N–H and O–H groups in total. The van der Waals surface area contributed by atoms with E-state index < -0.39 is 10.0 Å². The van der Waals surface area contributed by atoms with E-state index in [1.165, 1.54) is 6.42 Å². The summed E-state index contributed by atoms with van der Waals surface area (Å²) in [6, 6.07) is 0.133. The van der Waals surface area contributed by atoms with Crippen molar-refractivity contribution >= 4 is 10.0 Å². The lowest BCUT2D eigenvalue weighted by molar-refractivity contribution is 0.0123. The Bertz CT molecular complexity index is 333. The van der Waals surface area contributed by atoms with Crippen LogP contribution in [0.15, 0.2) is 0 Å². The number of hydrogen-bond acceptors (Lipinski definition) is 4. The third-order valence-corrected chi connectivity index (χ3v) is 5.13. The summed E-state index contributed by atoms with van der Waals surface area (Å²) in [6.45, 7) is 2.26. The third-order valence-electron chi connectivity index (χ3n) is 3.65. The van der Waals surface area contributed by atoms with Crippen molar-refractivity contribution in [1.29, 1.82) is 0 Å². The summed E-state index contributed by atoms with van der Waals surface area (Å²) in [6.07, 6.45) is 6.47. The van der Waals surface area contributed by atoms with Crippen LogP contribution >= 0.6 is 0 Å². The van der Waals surface area contributed by atoms with Crippen LogP contribution in [-0.2, 0) is 14.8 Å². The second kappa shape index (κ2) is 6.84. The Morgan fingerprint density at radius 3 is 2.78 bits per heavy atom. The van der Waals surface area contributed by atoms with E-state index in [0.29, 0.717) is 6.54 Å². The van der Waals surface area contributed by atoms with Gasteiger partial charge >= 0.3 is 0 Å². The van der Waals surface area contributed by atoms with Crippen LogP contribution in [0, 0.1) is 0 Å². The first-order valence-electron chi connectivity index (χ1n) is 6.98. The maximum absolute atomic E-state index is 11.8. The van der Waals surface area contributed by atoms with Crippen LogP contribution in [0.3, 0.4) is 0 Å². The molecule has 106 valence electrons. The zero-order chi connectivity index (χ0) is 12.8. The average molecular weight is 276 g/mol. The Morgan fingerprint density at radius 2 is 2.11 bits per heavy atom. The molecule has 2 atom stereocenters. The molecule has 2 heterocycles. The van der Waals surface area contributed by atoms with Crippen LogP contribution in [0.4, 0.5) is 0 Å². The molecule has 0 aromatic rings. The van der Waals surface area contributed by atoms with Gasteiger partial charge in [0, 0.05) is 19.2 Å². The fraction of sp³-hybridized carbons (Fsp3) is 1.00. The van der Waals surface area contributed by atoms with Crippen molar-refractivity contribution in [1.82, 2.24) is 10.0 Å². The minimum Gasteiger partial charge on any atom is -0.378 e. The van der Waals surface area contributed by atoms with Crippen LogP contribution in [0.2, 0.25) is 0 Å². The zero-order valence-electron chi connectivity index (χ0n) is 10.9. The van der Waals surface area contributed by atoms with Gasteiger partial charge in [0.25, 0.3) is 0 Å². The van der Waals surface area contributed by atoms with E-state index in [9.17, 15) is 8.42 Å². The van der Waals surface area contributed by atoms with Crippen molar-refractivity contribution in [2.45, 2.75) is 50.7 Å². The molecule has 0 radical (unpaired) electrons. The van der Waals surface area contributed by atoms with E-state index in [2.05, 4.69) is 10.0 Å². The summed E-state index contributed by atoms with van der Waals surface area (Å²) in [7, 11) is -3.13. The molecule has 2 aliphatic rings. The lowest BCUT2D eigenvalue weighted by Gasteiger charge is -2.22. The highest BCUT2D eigenvalue weighted by Crippen LogP contribution is 2.15. The van der Waals surface area contributed by atoms with E-state index in [4.69, 9.17) is 4.74 Å².